The van der Waals surface area contributed by atoms with Gasteiger partial charge in [-0.1, -0.05) is 29.8 Å². The summed E-state index contributed by atoms with van der Waals surface area (Å²) in [7, 11) is 0. The van der Waals surface area contributed by atoms with Crippen LogP contribution in [-0.4, -0.2) is 35.2 Å². The number of carbonyl (C=O) groups excluding carboxylic acids is 3. The van der Waals surface area contributed by atoms with Crippen LogP contribution in [0.15, 0.2) is 48.5 Å². The van der Waals surface area contributed by atoms with Crippen molar-refractivity contribution in [1.82, 2.24) is 4.90 Å². The molecule has 2 aromatic carbocycles. The highest BCUT2D eigenvalue weighted by atomic mass is 35.5. The zero-order valence-corrected chi connectivity index (χ0v) is 16.2. The van der Waals surface area contributed by atoms with Crippen molar-refractivity contribution < 1.29 is 14.4 Å². The lowest BCUT2D eigenvalue weighted by Crippen LogP contribution is -2.54. The summed E-state index contributed by atoms with van der Waals surface area (Å²) in [6.45, 7) is 0.709. The number of amides is 3. The quantitative estimate of drug-likeness (QED) is 0.738. The number of imide groups is 1. The van der Waals surface area contributed by atoms with Gasteiger partial charge in [-0.2, -0.15) is 0 Å². The number of benzene rings is 2. The molecule has 0 aliphatic carbocycles. The highest BCUT2D eigenvalue weighted by Gasteiger charge is 2.74. The van der Waals surface area contributed by atoms with Gasteiger partial charge in [-0.15, -0.1) is 0 Å². The van der Waals surface area contributed by atoms with Crippen LogP contribution in [-0.2, 0) is 19.9 Å². The number of nitrogens with one attached hydrogen (secondary N) is 1. The van der Waals surface area contributed by atoms with Gasteiger partial charge < -0.3 is 5.32 Å². The Balaban J connectivity index is 1.55. The summed E-state index contributed by atoms with van der Waals surface area (Å²) < 4.78 is 0. The Hall–Kier alpha value is -2.70. The van der Waals surface area contributed by atoms with Crippen molar-refractivity contribution in [1.29, 1.82) is 0 Å². The van der Waals surface area contributed by atoms with Crippen molar-refractivity contribution in [2.75, 3.05) is 16.8 Å². The van der Waals surface area contributed by atoms with Crippen LogP contribution < -0.4 is 10.2 Å². The molecule has 4 heterocycles. The van der Waals surface area contributed by atoms with Crippen molar-refractivity contribution in [3.63, 3.8) is 0 Å². The van der Waals surface area contributed by atoms with Crippen LogP contribution in [0.4, 0.5) is 11.4 Å². The number of para-hydroxylation sites is 1. The van der Waals surface area contributed by atoms with Gasteiger partial charge in [0.2, 0.25) is 17.7 Å². The van der Waals surface area contributed by atoms with Crippen LogP contribution in [0.25, 0.3) is 0 Å². The van der Waals surface area contributed by atoms with Gasteiger partial charge in [0.15, 0.2) is 0 Å². The second-order valence-electron chi connectivity index (χ2n) is 8.16. The minimum atomic E-state index is -1.11. The van der Waals surface area contributed by atoms with E-state index in [0.29, 0.717) is 17.3 Å². The Morgan fingerprint density at radius 2 is 1.76 bits per heavy atom. The molecule has 146 valence electrons. The molecule has 1 spiro atoms. The molecule has 0 radical (unpaired) electrons. The van der Waals surface area contributed by atoms with Gasteiger partial charge in [0.25, 0.3) is 0 Å². The van der Waals surface area contributed by atoms with Gasteiger partial charge >= 0.3 is 0 Å². The number of halogens is 1. The average Bonchev–Trinajstić information content (AvgIpc) is 3.41. The Morgan fingerprint density at radius 1 is 1.00 bits per heavy atom. The second kappa shape index (κ2) is 5.68. The Morgan fingerprint density at radius 3 is 2.55 bits per heavy atom. The highest BCUT2D eigenvalue weighted by Crippen LogP contribution is 2.60. The molecule has 7 heteroatoms. The van der Waals surface area contributed by atoms with E-state index in [1.165, 1.54) is 4.90 Å². The number of nitrogens with zero attached hydrogens (tertiary/aromatic N) is 2. The minimum absolute atomic E-state index is 0.106. The molecule has 29 heavy (non-hydrogen) atoms. The normalized spacial score (nSPS) is 32.7. The van der Waals surface area contributed by atoms with E-state index >= 15 is 0 Å². The molecule has 3 fully saturated rings. The van der Waals surface area contributed by atoms with Crippen molar-refractivity contribution in [3.8, 4) is 0 Å². The molecule has 4 aliphatic heterocycles. The first-order valence-corrected chi connectivity index (χ1v) is 10.2. The Kier molecular flexibility index (Phi) is 3.36. The number of hydrogen-bond donors (Lipinski definition) is 1. The molecular formula is C22H18ClN3O3. The standard InChI is InChI=1S/C22H18ClN3O3/c23-12-7-9-13(10-8-12)26-19(27)17-16-6-3-11-25(16)22(18(17)20(26)28)14-4-1-2-5-15(14)24-21(22)29/h1-2,4-5,7-10,16-18H,3,6,11H2,(H,24,29)/t16-,17-,18+,22?/m0/s1. The predicted molar refractivity (Wildman–Crippen MR) is 107 cm³/mol. The molecule has 4 aliphatic rings. The second-order valence-corrected chi connectivity index (χ2v) is 8.60. The van der Waals surface area contributed by atoms with E-state index < -0.39 is 17.4 Å². The number of hydrogen-bond acceptors (Lipinski definition) is 4. The van der Waals surface area contributed by atoms with E-state index in [1.54, 1.807) is 24.3 Å². The predicted octanol–water partition coefficient (Wildman–Crippen LogP) is 2.77. The van der Waals surface area contributed by atoms with E-state index in [4.69, 9.17) is 11.6 Å². The average molecular weight is 408 g/mol. The lowest BCUT2D eigenvalue weighted by atomic mass is 9.75. The third kappa shape index (κ3) is 1.93. The lowest BCUT2D eigenvalue weighted by molar-refractivity contribution is -0.135. The Labute approximate surface area is 172 Å². The number of fused-ring (bicyclic) bond motifs is 7. The number of anilines is 2. The largest absolute Gasteiger partial charge is 0.324 e. The fraction of sp³-hybridized carbons (Fsp3) is 0.318. The molecule has 6 rings (SSSR count). The maximum atomic E-state index is 13.7. The SMILES string of the molecule is O=C1[C@H]2[C@@H]3CCCN3C3(C(=O)Nc4ccccc43)[C@H]2C(=O)N1c1ccc(Cl)cc1. The first-order valence-electron chi connectivity index (χ1n) is 9.86. The van der Waals surface area contributed by atoms with Crippen LogP contribution >= 0.6 is 11.6 Å². The van der Waals surface area contributed by atoms with Crippen LogP contribution in [0, 0.1) is 11.8 Å². The topological polar surface area (TPSA) is 69.7 Å². The number of rotatable bonds is 1. The van der Waals surface area contributed by atoms with Gasteiger partial charge in [0.05, 0.1) is 17.5 Å². The first kappa shape index (κ1) is 17.2. The van der Waals surface area contributed by atoms with E-state index in [0.717, 1.165) is 24.1 Å². The fourth-order valence-corrected chi connectivity index (χ4v) is 6.13. The minimum Gasteiger partial charge on any atom is -0.324 e. The molecule has 1 unspecified atom stereocenters. The van der Waals surface area contributed by atoms with Gasteiger partial charge in [-0.05, 0) is 49.7 Å². The smallest absolute Gasteiger partial charge is 0.250 e. The van der Waals surface area contributed by atoms with E-state index in [9.17, 15) is 14.4 Å². The lowest BCUT2D eigenvalue weighted by Gasteiger charge is -2.36. The van der Waals surface area contributed by atoms with E-state index in [1.807, 2.05) is 24.3 Å². The molecule has 2 aromatic rings. The third-order valence-electron chi connectivity index (χ3n) is 6.98. The molecule has 0 bridgehead atoms. The molecule has 6 nitrogen and oxygen atoms in total. The third-order valence-corrected chi connectivity index (χ3v) is 7.24. The first-order chi connectivity index (χ1) is 14.0. The van der Waals surface area contributed by atoms with Gasteiger partial charge in [-0.25, -0.2) is 4.90 Å². The van der Waals surface area contributed by atoms with Crippen LogP contribution in [0.2, 0.25) is 5.02 Å². The molecule has 4 atom stereocenters. The maximum absolute atomic E-state index is 13.7. The number of carbonyl (C=O) groups is 3. The van der Waals surface area contributed by atoms with Gasteiger partial charge in [-0.3, -0.25) is 19.3 Å². The van der Waals surface area contributed by atoms with Gasteiger partial charge in [0.1, 0.15) is 5.54 Å². The van der Waals surface area contributed by atoms with Crippen molar-refractivity contribution >= 4 is 40.7 Å². The van der Waals surface area contributed by atoms with Crippen molar-refractivity contribution in [3.05, 3.63) is 59.1 Å². The molecule has 3 saturated heterocycles. The van der Waals surface area contributed by atoms with Crippen LogP contribution in [0.5, 0.6) is 0 Å². The van der Waals surface area contributed by atoms with Crippen LogP contribution in [0.3, 0.4) is 0 Å². The van der Waals surface area contributed by atoms with Gasteiger partial charge in [0, 0.05) is 22.3 Å². The summed E-state index contributed by atoms with van der Waals surface area (Å²) in [6.07, 6.45) is 1.72. The van der Waals surface area contributed by atoms with E-state index in [-0.39, 0.29) is 23.8 Å². The summed E-state index contributed by atoms with van der Waals surface area (Å²) in [5.41, 5.74) is 0.929. The maximum Gasteiger partial charge on any atom is 0.250 e. The van der Waals surface area contributed by atoms with E-state index in [2.05, 4.69) is 10.2 Å². The zero-order chi connectivity index (χ0) is 19.9. The molecule has 0 saturated carbocycles. The summed E-state index contributed by atoms with van der Waals surface area (Å²) in [5.74, 6) is -1.95. The summed E-state index contributed by atoms with van der Waals surface area (Å²) in [4.78, 5) is 44.0. The van der Waals surface area contributed by atoms with Crippen molar-refractivity contribution in [2.24, 2.45) is 11.8 Å². The fourth-order valence-electron chi connectivity index (χ4n) is 6.00. The summed E-state index contributed by atoms with van der Waals surface area (Å²) in [5, 5.41) is 3.51. The zero-order valence-electron chi connectivity index (χ0n) is 15.5. The molecule has 1 N–H and O–H groups in total. The molecule has 3 amide bonds. The van der Waals surface area contributed by atoms with Crippen LogP contribution in [0.1, 0.15) is 18.4 Å². The summed E-state index contributed by atoms with van der Waals surface area (Å²) >= 11 is 5.99. The molecule has 0 aromatic heterocycles. The summed E-state index contributed by atoms with van der Waals surface area (Å²) in [6, 6.07) is 14.1. The highest BCUT2D eigenvalue weighted by molar-refractivity contribution is 6.31. The Bertz CT molecular complexity index is 1080. The molecular weight excluding hydrogens is 390 g/mol. The monoisotopic (exact) mass is 407 g/mol. The van der Waals surface area contributed by atoms with Crippen molar-refractivity contribution in [2.45, 2.75) is 24.4 Å².